The molecule has 0 aromatic rings. The van der Waals surface area contributed by atoms with Gasteiger partial charge >= 0.3 is 0 Å². The van der Waals surface area contributed by atoms with Crippen molar-refractivity contribution in [2.75, 3.05) is 54.4 Å². The molecule has 0 atom stereocenters. The summed E-state index contributed by atoms with van der Waals surface area (Å²) in [7, 11) is 8.26. The van der Waals surface area contributed by atoms with Crippen molar-refractivity contribution < 1.29 is 4.79 Å². The van der Waals surface area contributed by atoms with E-state index in [0.29, 0.717) is 0 Å². The molecule has 0 bridgehead atoms. The van der Waals surface area contributed by atoms with Gasteiger partial charge in [-0.1, -0.05) is 5.57 Å². The maximum absolute atomic E-state index is 12.1. The van der Waals surface area contributed by atoms with E-state index in [9.17, 15) is 4.79 Å². The highest BCUT2D eigenvalue weighted by Gasteiger charge is 2.10. The first kappa shape index (κ1) is 18.1. The van der Waals surface area contributed by atoms with Crippen molar-refractivity contribution in [3.63, 3.8) is 0 Å². The average Bonchev–Trinajstić information content (AvgIpc) is 2.25. The molecule has 0 radical (unpaired) electrons. The van der Waals surface area contributed by atoms with E-state index >= 15 is 0 Å². The van der Waals surface area contributed by atoms with Crippen molar-refractivity contribution in [2.24, 2.45) is 0 Å². The second-order valence-electron chi connectivity index (χ2n) is 5.86. The Balaban J connectivity index is 4.29. The van der Waals surface area contributed by atoms with E-state index < -0.39 is 0 Å². The van der Waals surface area contributed by atoms with Gasteiger partial charge < -0.3 is 14.7 Å². The first-order valence-electron chi connectivity index (χ1n) is 7.06. The van der Waals surface area contributed by atoms with Crippen LogP contribution in [0.25, 0.3) is 0 Å². The van der Waals surface area contributed by atoms with E-state index in [1.54, 1.807) is 6.08 Å². The lowest BCUT2D eigenvalue weighted by Crippen LogP contribution is -2.34. The molecule has 0 heterocycles. The van der Waals surface area contributed by atoms with Crippen LogP contribution in [0.5, 0.6) is 0 Å². The quantitative estimate of drug-likeness (QED) is 0.596. The minimum atomic E-state index is 0.150. The highest BCUT2D eigenvalue weighted by atomic mass is 16.2. The van der Waals surface area contributed by atoms with Crippen LogP contribution in [0.1, 0.15) is 26.7 Å². The van der Waals surface area contributed by atoms with Crippen molar-refractivity contribution >= 4 is 5.91 Å². The lowest BCUT2D eigenvalue weighted by Gasteiger charge is -2.23. The summed E-state index contributed by atoms with van der Waals surface area (Å²) in [5, 5.41) is 0. The van der Waals surface area contributed by atoms with Gasteiger partial charge in [-0.3, -0.25) is 4.79 Å². The molecule has 1 amide bonds. The van der Waals surface area contributed by atoms with E-state index in [2.05, 4.69) is 38.0 Å². The molecule has 4 heteroatoms. The number of hydrogen-bond acceptors (Lipinski definition) is 3. The molecule has 0 saturated heterocycles. The summed E-state index contributed by atoms with van der Waals surface area (Å²) < 4.78 is 0. The monoisotopic (exact) mass is 269 g/mol. The van der Waals surface area contributed by atoms with Gasteiger partial charge in [0, 0.05) is 19.2 Å². The van der Waals surface area contributed by atoms with Crippen LogP contribution in [0.4, 0.5) is 0 Å². The van der Waals surface area contributed by atoms with Crippen molar-refractivity contribution in [2.45, 2.75) is 26.7 Å². The molecule has 0 aliphatic carbocycles. The number of rotatable bonds is 9. The summed E-state index contributed by atoms with van der Waals surface area (Å²) in [4.78, 5) is 18.4. The van der Waals surface area contributed by atoms with Crippen LogP contribution in [0, 0.1) is 0 Å². The Morgan fingerprint density at radius 2 is 1.26 bits per heavy atom. The summed E-state index contributed by atoms with van der Waals surface area (Å²) in [5.74, 6) is 0.150. The predicted octanol–water partition coefficient (Wildman–Crippen LogP) is 1.68. The van der Waals surface area contributed by atoms with E-state index in [0.717, 1.165) is 44.6 Å². The van der Waals surface area contributed by atoms with E-state index in [-0.39, 0.29) is 5.91 Å². The fourth-order valence-corrected chi connectivity index (χ4v) is 1.83. The lowest BCUT2D eigenvalue weighted by molar-refractivity contribution is -0.126. The number of carbonyl (C=O) groups is 1. The number of hydrogen-bond donors (Lipinski definition) is 0. The minimum absolute atomic E-state index is 0.150. The summed E-state index contributed by atoms with van der Waals surface area (Å²) in [6.07, 6.45) is 3.79. The Kier molecular flexibility index (Phi) is 9.53. The van der Waals surface area contributed by atoms with Crippen LogP contribution in [0.15, 0.2) is 11.6 Å². The van der Waals surface area contributed by atoms with Gasteiger partial charge in [0.15, 0.2) is 0 Å². The van der Waals surface area contributed by atoms with Crippen LogP contribution in [-0.2, 0) is 4.79 Å². The predicted molar refractivity (Wildman–Crippen MR) is 82.4 cm³/mol. The van der Waals surface area contributed by atoms with Crippen molar-refractivity contribution in [3.05, 3.63) is 11.6 Å². The molecule has 0 fully saturated rings. The van der Waals surface area contributed by atoms with E-state index in [1.807, 2.05) is 18.7 Å². The molecule has 0 aliphatic rings. The van der Waals surface area contributed by atoms with Gasteiger partial charge in [-0.25, -0.2) is 0 Å². The molecule has 0 spiro atoms. The lowest BCUT2D eigenvalue weighted by atomic mass is 10.2. The second kappa shape index (κ2) is 9.98. The van der Waals surface area contributed by atoms with Gasteiger partial charge in [0.2, 0.25) is 5.91 Å². The van der Waals surface area contributed by atoms with Crippen molar-refractivity contribution in [1.29, 1.82) is 0 Å². The fraction of sp³-hybridized carbons (Fsp3) is 0.800. The minimum Gasteiger partial charge on any atom is -0.339 e. The van der Waals surface area contributed by atoms with Crippen LogP contribution in [0.2, 0.25) is 0 Å². The molecule has 0 saturated carbocycles. The number of amides is 1. The fourth-order valence-electron chi connectivity index (χ4n) is 1.83. The molecular formula is C15H31N3O. The molecule has 0 rings (SSSR count). The molecule has 19 heavy (non-hydrogen) atoms. The molecule has 0 unspecified atom stereocenters. The topological polar surface area (TPSA) is 26.8 Å². The number of carbonyl (C=O) groups excluding carboxylic acids is 1. The summed E-state index contributed by atoms with van der Waals surface area (Å²) >= 11 is 0. The highest BCUT2D eigenvalue weighted by Crippen LogP contribution is 2.01. The normalized spacial score (nSPS) is 10.9. The molecule has 0 aromatic carbocycles. The summed E-state index contributed by atoms with van der Waals surface area (Å²) in [6, 6.07) is 0. The van der Waals surface area contributed by atoms with Gasteiger partial charge in [0.25, 0.3) is 0 Å². The molecule has 112 valence electrons. The SMILES string of the molecule is CC(C)=CC(=O)N(CCCN(C)C)CCCN(C)C. The maximum atomic E-state index is 12.1. The Morgan fingerprint density at radius 3 is 1.58 bits per heavy atom. The largest absolute Gasteiger partial charge is 0.339 e. The third-order valence-electron chi connectivity index (χ3n) is 2.79. The van der Waals surface area contributed by atoms with Crippen molar-refractivity contribution in [3.8, 4) is 0 Å². The van der Waals surface area contributed by atoms with E-state index in [4.69, 9.17) is 0 Å². The third kappa shape index (κ3) is 10.7. The van der Waals surface area contributed by atoms with E-state index in [1.165, 1.54) is 0 Å². The Hall–Kier alpha value is -0.870. The highest BCUT2D eigenvalue weighted by molar-refractivity contribution is 5.88. The zero-order valence-corrected chi connectivity index (χ0v) is 13.6. The zero-order chi connectivity index (χ0) is 14.8. The molecule has 0 aromatic heterocycles. The first-order chi connectivity index (χ1) is 8.82. The first-order valence-corrected chi connectivity index (χ1v) is 7.06. The summed E-state index contributed by atoms with van der Waals surface area (Å²) in [6.45, 7) is 7.66. The molecular weight excluding hydrogens is 238 g/mol. The zero-order valence-electron chi connectivity index (χ0n) is 13.6. The van der Waals surface area contributed by atoms with Gasteiger partial charge in [0.1, 0.15) is 0 Å². The van der Waals surface area contributed by atoms with Crippen LogP contribution < -0.4 is 0 Å². The third-order valence-corrected chi connectivity index (χ3v) is 2.79. The van der Waals surface area contributed by atoms with Crippen LogP contribution >= 0.6 is 0 Å². The van der Waals surface area contributed by atoms with Crippen LogP contribution in [0.3, 0.4) is 0 Å². The molecule has 0 aliphatic heterocycles. The Bertz CT molecular complexity index is 267. The number of allylic oxidation sites excluding steroid dienone is 1. The summed E-state index contributed by atoms with van der Waals surface area (Å²) in [5.41, 5.74) is 1.07. The Morgan fingerprint density at radius 1 is 0.842 bits per heavy atom. The van der Waals surface area contributed by atoms with Gasteiger partial charge in [-0.2, -0.15) is 0 Å². The van der Waals surface area contributed by atoms with Gasteiger partial charge in [-0.05, 0) is 68.0 Å². The van der Waals surface area contributed by atoms with Gasteiger partial charge in [0.05, 0.1) is 0 Å². The standard InChI is InChI=1S/C15H31N3O/c1-14(2)13-15(19)18(11-7-9-16(3)4)12-8-10-17(5)6/h13H,7-12H2,1-6H3. The molecule has 4 nitrogen and oxygen atoms in total. The molecule has 0 N–H and O–H groups in total. The van der Waals surface area contributed by atoms with Crippen LogP contribution in [-0.4, -0.2) is 75.0 Å². The average molecular weight is 269 g/mol. The number of nitrogens with zero attached hydrogens (tertiary/aromatic N) is 3. The second-order valence-corrected chi connectivity index (χ2v) is 5.86. The smallest absolute Gasteiger partial charge is 0.246 e. The maximum Gasteiger partial charge on any atom is 0.246 e. The van der Waals surface area contributed by atoms with Gasteiger partial charge in [-0.15, -0.1) is 0 Å². The Labute approximate surface area is 119 Å². The van der Waals surface area contributed by atoms with Crippen molar-refractivity contribution in [1.82, 2.24) is 14.7 Å².